The first-order valence-electron chi connectivity index (χ1n) is 5.50. The molecule has 8 heteroatoms. The van der Waals surface area contributed by atoms with Gasteiger partial charge in [0.2, 0.25) is 0 Å². The van der Waals surface area contributed by atoms with Gasteiger partial charge in [-0.25, -0.2) is 4.98 Å². The summed E-state index contributed by atoms with van der Waals surface area (Å²) in [5.41, 5.74) is 0.825. The number of rotatable bonds is 1. The van der Waals surface area contributed by atoms with E-state index in [0.717, 1.165) is 0 Å². The van der Waals surface area contributed by atoms with Crippen LogP contribution < -0.4 is 0 Å². The maximum absolute atomic E-state index is 9.90. The SMILES string of the molecule is O[C@@H]1COC(c2c(Cl)nc3c(Cl)c(Cl)ccn23)[C@@H]1O. The molecule has 1 unspecified atom stereocenters. The Hall–Kier alpha value is -0.560. The topological polar surface area (TPSA) is 67.0 Å². The summed E-state index contributed by atoms with van der Waals surface area (Å²) in [6, 6.07) is 1.59. The van der Waals surface area contributed by atoms with E-state index >= 15 is 0 Å². The number of hydrogen-bond acceptors (Lipinski definition) is 4. The number of fused-ring (bicyclic) bond motifs is 1. The molecule has 0 spiro atoms. The van der Waals surface area contributed by atoms with Crippen LogP contribution in [0.1, 0.15) is 11.8 Å². The number of imidazole rings is 1. The molecule has 0 saturated carbocycles. The number of aromatic nitrogens is 2. The average Bonchev–Trinajstić information content (AvgIpc) is 2.87. The van der Waals surface area contributed by atoms with Crippen LogP contribution >= 0.6 is 34.8 Å². The third-order valence-corrected chi connectivity index (χ3v) is 4.16. The number of aliphatic hydroxyl groups excluding tert-OH is 2. The van der Waals surface area contributed by atoms with Gasteiger partial charge >= 0.3 is 0 Å². The molecule has 102 valence electrons. The van der Waals surface area contributed by atoms with Gasteiger partial charge in [0.05, 0.1) is 17.3 Å². The van der Waals surface area contributed by atoms with Crippen LogP contribution in [0.15, 0.2) is 12.3 Å². The molecule has 1 aliphatic heterocycles. The van der Waals surface area contributed by atoms with Crippen molar-refractivity contribution < 1.29 is 14.9 Å². The lowest BCUT2D eigenvalue weighted by molar-refractivity contribution is 0.0202. The third kappa shape index (κ3) is 2.01. The first-order valence-corrected chi connectivity index (χ1v) is 6.63. The predicted octanol–water partition coefficient (Wildman–Crippen LogP) is 2.09. The number of hydrogen-bond donors (Lipinski definition) is 2. The van der Waals surface area contributed by atoms with E-state index in [0.29, 0.717) is 16.4 Å². The fraction of sp³-hybridized carbons (Fsp3) is 0.364. The Kier molecular flexibility index (Phi) is 3.37. The zero-order valence-electron chi connectivity index (χ0n) is 9.42. The molecule has 0 bridgehead atoms. The first-order chi connectivity index (χ1) is 9.00. The first kappa shape index (κ1) is 13.4. The molecule has 19 heavy (non-hydrogen) atoms. The molecule has 0 aromatic carbocycles. The minimum Gasteiger partial charge on any atom is -0.388 e. The van der Waals surface area contributed by atoms with Crippen molar-refractivity contribution in [2.75, 3.05) is 6.61 Å². The number of ether oxygens (including phenoxy) is 1. The van der Waals surface area contributed by atoms with Crippen molar-refractivity contribution in [3.63, 3.8) is 0 Å². The van der Waals surface area contributed by atoms with Crippen LogP contribution in [0.2, 0.25) is 15.2 Å². The summed E-state index contributed by atoms with van der Waals surface area (Å²) in [6.45, 7) is 0.0384. The van der Waals surface area contributed by atoms with E-state index in [4.69, 9.17) is 39.5 Å². The highest BCUT2D eigenvalue weighted by Gasteiger charge is 2.39. The van der Waals surface area contributed by atoms with E-state index in [-0.39, 0.29) is 16.8 Å². The smallest absolute Gasteiger partial charge is 0.159 e. The molecule has 0 radical (unpaired) electrons. The minimum atomic E-state index is -1.06. The summed E-state index contributed by atoms with van der Waals surface area (Å²) in [7, 11) is 0. The fourth-order valence-corrected chi connectivity index (χ4v) is 2.76. The van der Waals surface area contributed by atoms with Gasteiger partial charge in [-0.05, 0) is 6.07 Å². The maximum Gasteiger partial charge on any atom is 0.159 e. The monoisotopic (exact) mass is 322 g/mol. The molecular formula is C11H9Cl3N2O3. The molecule has 3 heterocycles. The van der Waals surface area contributed by atoms with Gasteiger partial charge in [-0.2, -0.15) is 0 Å². The van der Waals surface area contributed by atoms with Gasteiger partial charge in [-0.3, -0.25) is 4.40 Å². The quantitative estimate of drug-likeness (QED) is 0.843. The third-order valence-electron chi connectivity index (χ3n) is 3.10. The lowest BCUT2D eigenvalue weighted by Crippen LogP contribution is -2.25. The Balaban J connectivity index is 2.19. The second-order valence-corrected chi connectivity index (χ2v) is 5.41. The van der Waals surface area contributed by atoms with Gasteiger partial charge in [0.15, 0.2) is 10.8 Å². The van der Waals surface area contributed by atoms with Crippen LogP contribution in [0.5, 0.6) is 0 Å². The van der Waals surface area contributed by atoms with Crippen LogP contribution in [-0.2, 0) is 4.74 Å². The largest absolute Gasteiger partial charge is 0.388 e. The molecule has 3 rings (SSSR count). The van der Waals surface area contributed by atoms with E-state index in [2.05, 4.69) is 4.98 Å². The molecule has 1 aliphatic rings. The molecule has 0 aliphatic carbocycles. The van der Waals surface area contributed by atoms with E-state index in [1.165, 1.54) is 0 Å². The molecule has 2 aromatic rings. The Morgan fingerprint density at radius 3 is 2.68 bits per heavy atom. The summed E-state index contributed by atoms with van der Waals surface area (Å²) < 4.78 is 6.96. The van der Waals surface area contributed by atoms with Crippen molar-refractivity contribution in [1.82, 2.24) is 9.38 Å². The molecule has 1 fully saturated rings. The zero-order valence-corrected chi connectivity index (χ0v) is 11.7. The van der Waals surface area contributed by atoms with Gasteiger partial charge in [0, 0.05) is 6.20 Å². The highest BCUT2D eigenvalue weighted by molar-refractivity contribution is 6.44. The van der Waals surface area contributed by atoms with Gasteiger partial charge in [-0.1, -0.05) is 34.8 Å². The maximum atomic E-state index is 9.90. The number of aliphatic hydroxyl groups is 2. The summed E-state index contributed by atoms with van der Waals surface area (Å²) in [5, 5.41) is 20.2. The Labute approximate surface area is 123 Å². The van der Waals surface area contributed by atoms with E-state index in [9.17, 15) is 10.2 Å². The molecule has 2 aromatic heterocycles. The van der Waals surface area contributed by atoms with Crippen molar-refractivity contribution in [3.05, 3.63) is 33.2 Å². The Morgan fingerprint density at radius 2 is 2.05 bits per heavy atom. The molecule has 3 atom stereocenters. The Bertz CT molecular complexity index is 646. The van der Waals surface area contributed by atoms with Crippen LogP contribution in [-0.4, -0.2) is 38.4 Å². The van der Waals surface area contributed by atoms with Crippen LogP contribution in [0.3, 0.4) is 0 Å². The predicted molar refractivity (Wildman–Crippen MR) is 70.9 cm³/mol. The molecule has 5 nitrogen and oxygen atoms in total. The molecule has 0 amide bonds. The van der Waals surface area contributed by atoms with E-state index in [1.54, 1.807) is 16.7 Å². The van der Waals surface area contributed by atoms with Crippen molar-refractivity contribution in [3.8, 4) is 0 Å². The number of pyridine rings is 1. The lowest BCUT2D eigenvalue weighted by atomic mass is 10.1. The van der Waals surface area contributed by atoms with E-state index < -0.39 is 18.3 Å². The minimum absolute atomic E-state index is 0.0384. The highest BCUT2D eigenvalue weighted by Crippen LogP contribution is 2.37. The van der Waals surface area contributed by atoms with Gasteiger partial charge in [0.25, 0.3) is 0 Å². The van der Waals surface area contributed by atoms with Gasteiger partial charge in [0.1, 0.15) is 23.3 Å². The molecular weight excluding hydrogens is 314 g/mol. The van der Waals surface area contributed by atoms with E-state index in [1.807, 2.05) is 0 Å². The summed E-state index contributed by atoms with van der Waals surface area (Å²) >= 11 is 18.0. The zero-order chi connectivity index (χ0) is 13.7. The summed E-state index contributed by atoms with van der Waals surface area (Å²) in [5.74, 6) is 0. The van der Waals surface area contributed by atoms with Crippen molar-refractivity contribution in [2.45, 2.75) is 18.3 Å². The average molecular weight is 324 g/mol. The standard InChI is InChI=1S/C11H9Cl3N2O3/c12-4-1-2-16-7(9-8(18)5(17)3-19-9)10(14)15-11(16)6(4)13/h1-2,5,8-9,17-18H,3H2/t5-,8-,9?/m1/s1. The number of nitrogens with zero attached hydrogens (tertiary/aromatic N) is 2. The van der Waals surface area contributed by atoms with Gasteiger partial charge in [-0.15, -0.1) is 0 Å². The highest BCUT2D eigenvalue weighted by atomic mass is 35.5. The second kappa shape index (κ2) is 4.77. The Morgan fingerprint density at radius 1 is 1.32 bits per heavy atom. The van der Waals surface area contributed by atoms with Crippen molar-refractivity contribution >= 4 is 40.4 Å². The summed E-state index contributed by atoms with van der Waals surface area (Å²) in [6.07, 6.45) is -1.13. The van der Waals surface area contributed by atoms with Gasteiger partial charge < -0.3 is 14.9 Å². The van der Waals surface area contributed by atoms with Crippen LogP contribution in [0.4, 0.5) is 0 Å². The second-order valence-electron chi connectivity index (χ2n) is 4.27. The number of halogens is 3. The fourth-order valence-electron chi connectivity index (χ4n) is 2.14. The molecule has 1 saturated heterocycles. The molecule has 2 N–H and O–H groups in total. The van der Waals surface area contributed by atoms with Crippen molar-refractivity contribution in [1.29, 1.82) is 0 Å². The van der Waals surface area contributed by atoms with Crippen LogP contribution in [0.25, 0.3) is 5.65 Å². The van der Waals surface area contributed by atoms with Crippen LogP contribution in [0, 0.1) is 0 Å². The van der Waals surface area contributed by atoms with Crippen molar-refractivity contribution in [2.24, 2.45) is 0 Å². The normalized spacial score (nSPS) is 27.3. The summed E-state index contributed by atoms with van der Waals surface area (Å²) in [4.78, 5) is 4.12. The lowest BCUT2D eigenvalue weighted by Gasteiger charge is -2.15.